The molecule has 0 aliphatic carbocycles. The van der Waals surface area contributed by atoms with Gasteiger partial charge in [0, 0.05) is 19.0 Å². The van der Waals surface area contributed by atoms with E-state index in [1.54, 1.807) is 13.8 Å². The minimum Gasteiger partial charge on any atom is -0.465 e. The Morgan fingerprint density at radius 3 is 1.77 bits per heavy atom. The van der Waals surface area contributed by atoms with Gasteiger partial charge in [0.1, 0.15) is 11.8 Å². The zero-order valence-corrected chi connectivity index (χ0v) is 15.7. The number of carbonyl (C=O) groups is 2. The molecule has 0 heterocycles. The van der Waals surface area contributed by atoms with E-state index in [0.29, 0.717) is 19.7 Å². The van der Waals surface area contributed by atoms with Gasteiger partial charge < -0.3 is 4.74 Å². The van der Waals surface area contributed by atoms with Crippen molar-refractivity contribution in [2.75, 3.05) is 6.61 Å². The van der Waals surface area contributed by atoms with E-state index < -0.39 is 12.0 Å². The molecule has 0 radical (unpaired) electrons. The Balaban J connectivity index is 2.36. The molecule has 0 aliphatic rings. The molecule has 0 amide bonds. The van der Waals surface area contributed by atoms with E-state index in [2.05, 4.69) is 0 Å². The standard InChI is InChI=1S/C22H27NO3/c1-4-26-22(25)21(17(2)18(3)24)23(15-19-11-7-5-8-12-19)16-20-13-9-6-10-14-20/h5-14,17,21H,4,15-16H2,1-3H3. The molecule has 0 aromatic heterocycles. The third kappa shape index (κ3) is 5.53. The van der Waals surface area contributed by atoms with Gasteiger partial charge in [0.15, 0.2) is 0 Å². The van der Waals surface area contributed by atoms with Gasteiger partial charge in [0.2, 0.25) is 0 Å². The van der Waals surface area contributed by atoms with Gasteiger partial charge in [0.05, 0.1) is 6.61 Å². The van der Waals surface area contributed by atoms with Gasteiger partial charge in [0.25, 0.3) is 0 Å². The molecule has 138 valence electrons. The molecular formula is C22H27NO3. The van der Waals surface area contributed by atoms with Crippen LogP contribution in [-0.2, 0) is 27.4 Å². The molecule has 0 spiro atoms. The predicted molar refractivity (Wildman–Crippen MR) is 102 cm³/mol. The Labute approximate surface area is 155 Å². The van der Waals surface area contributed by atoms with Crippen LogP contribution in [0, 0.1) is 5.92 Å². The molecule has 26 heavy (non-hydrogen) atoms. The largest absolute Gasteiger partial charge is 0.465 e. The number of Topliss-reactive ketones (excluding diaryl/α,β-unsaturated/α-hetero) is 1. The fraction of sp³-hybridized carbons (Fsp3) is 0.364. The number of esters is 1. The maximum atomic E-state index is 12.7. The second-order valence-corrected chi connectivity index (χ2v) is 6.47. The van der Waals surface area contributed by atoms with E-state index in [0.717, 1.165) is 11.1 Å². The van der Waals surface area contributed by atoms with Crippen molar-refractivity contribution in [2.45, 2.75) is 39.9 Å². The van der Waals surface area contributed by atoms with Gasteiger partial charge in [-0.3, -0.25) is 14.5 Å². The summed E-state index contributed by atoms with van der Waals surface area (Å²) in [6.07, 6.45) is 0. The first kappa shape index (κ1) is 19.9. The van der Waals surface area contributed by atoms with Crippen LogP contribution in [0.4, 0.5) is 0 Å². The smallest absolute Gasteiger partial charge is 0.324 e. The third-order valence-electron chi connectivity index (χ3n) is 4.49. The summed E-state index contributed by atoms with van der Waals surface area (Å²) in [5.74, 6) is -0.808. The van der Waals surface area contributed by atoms with E-state index in [9.17, 15) is 9.59 Å². The van der Waals surface area contributed by atoms with Crippen LogP contribution in [0.1, 0.15) is 31.9 Å². The Bertz CT molecular complexity index is 658. The number of hydrogen-bond donors (Lipinski definition) is 0. The van der Waals surface area contributed by atoms with Crippen molar-refractivity contribution in [1.29, 1.82) is 0 Å². The molecule has 2 aromatic carbocycles. The van der Waals surface area contributed by atoms with Crippen LogP contribution in [0.25, 0.3) is 0 Å². The average Bonchev–Trinajstić information content (AvgIpc) is 2.63. The average molecular weight is 353 g/mol. The van der Waals surface area contributed by atoms with E-state index in [1.165, 1.54) is 6.92 Å². The molecule has 4 heteroatoms. The molecule has 0 N–H and O–H groups in total. The molecule has 2 aromatic rings. The number of nitrogens with zero attached hydrogens (tertiary/aromatic N) is 1. The number of hydrogen-bond acceptors (Lipinski definition) is 4. The SMILES string of the molecule is CCOC(=O)C(C(C)C(C)=O)N(Cc1ccccc1)Cc1ccccc1. The summed E-state index contributed by atoms with van der Waals surface area (Å²) in [5, 5.41) is 0. The quantitative estimate of drug-likeness (QED) is 0.643. The molecule has 0 fully saturated rings. The van der Waals surface area contributed by atoms with Gasteiger partial charge in [-0.05, 0) is 25.0 Å². The van der Waals surface area contributed by atoms with Crippen LogP contribution in [0.15, 0.2) is 60.7 Å². The molecule has 4 nitrogen and oxygen atoms in total. The highest BCUT2D eigenvalue weighted by Crippen LogP contribution is 2.21. The lowest BCUT2D eigenvalue weighted by molar-refractivity contribution is -0.154. The Kier molecular flexibility index (Phi) is 7.54. The molecular weight excluding hydrogens is 326 g/mol. The van der Waals surface area contributed by atoms with Crippen molar-refractivity contribution >= 4 is 11.8 Å². The fourth-order valence-corrected chi connectivity index (χ4v) is 3.01. The molecule has 2 atom stereocenters. The van der Waals surface area contributed by atoms with Crippen LogP contribution >= 0.6 is 0 Å². The van der Waals surface area contributed by atoms with E-state index in [1.807, 2.05) is 65.6 Å². The first-order valence-corrected chi connectivity index (χ1v) is 9.02. The second kappa shape index (κ2) is 9.88. The zero-order valence-electron chi connectivity index (χ0n) is 15.7. The zero-order chi connectivity index (χ0) is 18.9. The summed E-state index contributed by atoms with van der Waals surface area (Å²) in [6.45, 7) is 6.54. The van der Waals surface area contributed by atoms with Crippen LogP contribution < -0.4 is 0 Å². The normalized spacial score (nSPS) is 13.2. The number of benzene rings is 2. The fourth-order valence-electron chi connectivity index (χ4n) is 3.01. The van der Waals surface area contributed by atoms with Gasteiger partial charge in [-0.15, -0.1) is 0 Å². The molecule has 2 rings (SSSR count). The minimum absolute atomic E-state index is 0.0193. The van der Waals surface area contributed by atoms with E-state index in [-0.39, 0.29) is 11.8 Å². The molecule has 0 aliphatic heterocycles. The lowest BCUT2D eigenvalue weighted by atomic mass is 9.95. The second-order valence-electron chi connectivity index (χ2n) is 6.47. The van der Waals surface area contributed by atoms with Gasteiger partial charge in [-0.25, -0.2) is 0 Å². The van der Waals surface area contributed by atoms with Crippen LogP contribution in [0.5, 0.6) is 0 Å². The number of ether oxygens (including phenoxy) is 1. The summed E-state index contributed by atoms with van der Waals surface area (Å²) in [6, 6.07) is 19.3. The highest BCUT2D eigenvalue weighted by atomic mass is 16.5. The number of ketones is 1. The first-order valence-electron chi connectivity index (χ1n) is 9.02. The molecule has 0 saturated heterocycles. The van der Waals surface area contributed by atoms with Crippen molar-refractivity contribution < 1.29 is 14.3 Å². The van der Waals surface area contributed by atoms with Crippen molar-refractivity contribution in [1.82, 2.24) is 4.90 Å². The topological polar surface area (TPSA) is 46.6 Å². The summed E-state index contributed by atoms with van der Waals surface area (Å²) < 4.78 is 5.30. The summed E-state index contributed by atoms with van der Waals surface area (Å²) in [7, 11) is 0. The maximum Gasteiger partial charge on any atom is 0.324 e. The summed E-state index contributed by atoms with van der Waals surface area (Å²) in [5.41, 5.74) is 2.18. The first-order chi connectivity index (χ1) is 12.5. The van der Waals surface area contributed by atoms with Gasteiger partial charge in [-0.1, -0.05) is 67.6 Å². The summed E-state index contributed by atoms with van der Waals surface area (Å²) in [4.78, 5) is 26.8. The highest BCUT2D eigenvalue weighted by Gasteiger charge is 2.35. The van der Waals surface area contributed by atoms with Gasteiger partial charge >= 0.3 is 5.97 Å². The lowest BCUT2D eigenvalue weighted by Gasteiger charge is -2.33. The van der Waals surface area contributed by atoms with E-state index in [4.69, 9.17) is 4.74 Å². The van der Waals surface area contributed by atoms with Crippen molar-refractivity contribution in [3.05, 3.63) is 71.8 Å². The minimum atomic E-state index is -0.618. The lowest BCUT2D eigenvalue weighted by Crippen LogP contribution is -2.47. The highest BCUT2D eigenvalue weighted by molar-refractivity contribution is 5.87. The summed E-state index contributed by atoms with van der Waals surface area (Å²) >= 11 is 0. The van der Waals surface area contributed by atoms with Crippen LogP contribution in [-0.4, -0.2) is 29.3 Å². The molecule has 0 bridgehead atoms. The van der Waals surface area contributed by atoms with Gasteiger partial charge in [-0.2, -0.15) is 0 Å². The Hall–Kier alpha value is -2.46. The molecule has 2 unspecified atom stereocenters. The van der Waals surface area contributed by atoms with Crippen molar-refractivity contribution in [2.24, 2.45) is 5.92 Å². The van der Waals surface area contributed by atoms with Crippen molar-refractivity contribution in [3.8, 4) is 0 Å². The third-order valence-corrected chi connectivity index (χ3v) is 4.49. The van der Waals surface area contributed by atoms with Crippen LogP contribution in [0.2, 0.25) is 0 Å². The van der Waals surface area contributed by atoms with E-state index >= 15 is 0 Å². The maximum absolute atomic E-state index is 12.7. The Morgan fingerprint density at radius 1 is 0.923 bits per heavy atom. The van der Waals surface area contributed by atoms with Crippen LogP contribution in [0.3, 0.4) is 0 Å². The molecule has 0 saturated carbocycles. The number of rotatable bonds is 9. The predicted octanol–water partition coefficient (Wildman–Crippen LogP) is 3.85. The van der Waals surface area contributed by atoms with Crippen molar-refractivity contribution in [3.63, 3.8) is 0 Å². The monoisotopic (exact) mass is 353 g/mol. The number of carbonyl (C=O) groups excluding carboxylic acids is 2. The Morgan fingerprint density at radius 2 is 1.38 bits per heavy atom.